The van der Waals surface area contributed by atoms with E-state index in [9.17, 15) is 18.8 Å². The lowest BCUT2D eigenvalue weighted by atomic mass is 9.97. The van der Waals surface area contributed by atoms with Crippen molar-refractivity contribution in [3.8, 4) is 0 Å². The molecule has 0 unspecified atom stereocenters. The molecule has 0 saturated heterocycles. The number of anilines is 1. The Balaban J connectivity index is 1.83. The Bertz CT molecular complexity index is 1110. The van der Waals surface area contributed by atoms with Crippen molar-refractivity contribution < 1.29 is 9.18 Å². The number of benzene rings is 1. The van der Waals surface area contributed by atoms with Gasteiger partial charge in [0.25, 0.3) is 17.0 Å². The number of H-pyrrole nitrogens is 2. The summed E-state index contributed by atoms with van der Waals surface area (Å²) in [4.78, 5) is 40.1. The SMILES string of the molecule is O=C(Nc1c(=O)[nH]n2c(=O)c3c([nH]c12)CCCC3)c1ccccc1F. The van der Waals surface area contributed by atoms with Crippen molar-refractivity contribution in [2.45, 2.75) is 25.7 Å². The second kappa shape index (κ2) is 5.73. The van der Waals surface area contributed by atoms with Gasteiger partial charge in [-0.15, -0.1) is 0 Å². The third-order valence-corrected chi connectivity index (χ3v) is 4.46. The van der Waals surface area contributed by atoms with E-state index in [2.05, 4.69) is 15.4 Å². The van der Waals surface area contributed by atoms with Gasteiger partial charge in [-0.1, -0.05) is 12.1 Å². The molecule has 1 aliphatic rings. The van der Waals surface area contributed by atoms with E-state index < -0.39 is 17.3 Å². The van der Waals surface area contributed by atoms with E-state index in [1.165, 1.54) is 18.2 Å². The molecular weight excluding hydrogens is 327 g/mol. The Morgan fingerprint density at radius 2 is 1.92 bits per heavy atom. The van der Waals surface area contributed by atoms with E-state index in [1.54, 1.807) is 0 Å². The number of amides is 1. The third kappa shape index (κ3) is 2.46. The monoisotopic (exact) mass is 342 g/mol. The Kier molecular flexibility index (Phi) is 3.52. The topological polar surface area (TPSA) is 99.2 Å². The smallest absolute Gasteiger partial charge is 0.290 e. The lowest BCUT2D eigenvalue weighted by molar-refractivity contribution is 0.102. The van der Waals surface area contributed by atoms with E-state index in [0.717, 1.165) is 29.1 Å². The van der Waals surface area contributed by atoms with Crippen LogP contribution in [0.15, 0.2) is 33.9 Å². The zero-order chi connectivity index (χ0) is 17.6. The van der Waals surface area contributed by atoms with Crippen molar-refractivity contribution in [3.05, 3.63) is 67.6 Å². The molecule has 0 bridgehead atoms. The molecule has 3 aromatic rings. The van der Waals surface area contributed by atoms with Crippen molar-refractivity contribution in [1.29, 1.82) is 0 Å². The number of carbonyl (C=O) groups excluding carboxylic acids is 1. The minimum atomic E-state index is -0.754. The molecule has 128 valence electrons. The number of nitrogens with zero attached hydrogens (tertiary/aromatic N) is 1. The second-order valence-corrected chi connectivity index (χ2v) is 6.03. The van der Waals surface area contributed by atoms with Crippen LogP contribution in [0.3, 0.4) is 0 Å². The zero-order valence-electron chi connectivity index (χ0n) is 13.2. The molecule has 4 rings (SSSR count). The van der Waals surface area contributed by atoms with E-state index in [-0.39, 0.29) is 22.5 Å². The van der Waals surface area contributed by atoms with Crippen molar-refractivity contribution >= 4 is 17.2 Å². The number of hydrogen-bond donors (Lipinski definition) is 3. The number of nitrogens with one attached hydrogen (secondary N) is 3. The summed E-state index contributed by atoms with van der Waals surface area (Å²) in [6.45, 7) is 0. The highest BCUT2D eigenvalue weighted by atomic mass is 19.1. The molecule has 2 aromatic heterocycles. The lowest BCUT2D eigenvalue weighted by Crippen LogP contribution is -2.25. The van der Waals surface area contributed by atoms with Gasteiger partial charge in [0, 0.05) is 11.3 Å². The van der Waals surface area contributed by atoms with E-state index in [1.807, 2.05) is 0 Å². The number of rotatable bonds is 2. The first-order valence-electron chi connectivity index (χ1n) is 8.01. The fourth-order valence-electron chi connectivity index (χ4n) is 3.20. The highest BCUT2D eigenvalue weighted by Gasteiger charge is 2.21. The van der Waals surface area contributed by atoms with Crippen LogP contribution in [0.1, 0.15) is 34.5 Å². The number of halogens is 1. The zero-order valence-corrected chi connectivity index (χ0v) is 13.2. The molecular formula is C17H15FN4O3. The van der Waals surface area contributed by atoms with Crippen LogP contribution < -0.4 is 16.4 Å². The van der Waals surface area contributed by atoms with Crippen molar-refractivity contribution in [2.75, 3.05) is 5.32 Å². The lowest BCUT2D eigenvalue weighted by Gasteiger charge is -2.15. The van der Waals surface area contributed by atoms with Gasteiger partial charge in [-0.05, 0) is 37.8 Å². The van der Waals surface area contributed by atoms with Gasteiger partial charge in [0.05, 0.1) is 5.56 Å². The highest BCUT2D eigenvalue weighted by molar-refractivity contribution is 6.06. The summed E-state index contributed by atoms with van der Waals surface area (Å²) in [6, 6.07) is 5.48. The molecule has 3 N–H and O–H groups in total. The summed E-state index contributed by atoms with van der Waals surface area (Å²) in [5.41, 5.74) is 0.404. The maximum absolute atomic E-state index is 13.8. The predicted molar refractivity (Wildman–Crippen MR) is 89.6 cm³/mol. The summed E-state index contributed by atoms with van der Waals surface area (Å²) in [7, 11) is 0. The quantitative estimate of drug-likeness (QED) is 0.659. The Labute approximate surface area is 140 Å². The standard InChI is InChI=1S/C17H15FN4O3/c18-11-7-3-1-5-9(11)15(23)20-13-14-19-12-8-4-2-6-10(12)17(25)22(14)21-16(13)24/h1,3,5,7,19H,2,4,6,8H2,(H,20,23)(H,21,24). The molecule has 1 aromatic carbocycles. The van der Waals surface area contributed by atoms with Crippen molar-refractivity contribution in [1.82, 2.24) is 14.6 Å². The van der Waals surface area contributed by atoms with Crippen LogP contribution >= 0.6 is 0 Å². The Morgan fingerprint density at radius 1 is 1.16 bits per heavy atom. The summed E-state index contributed by atoms with van der Waals surface area (Å²) < 4.78 is 14.9. The molecule has 0 atom stereocenters. The average molecular weight is 342 g/mol. The normalized spacial score (nSPS) is 13.6. The van der Waals surface area contributed by atoms with Crippen molar-refractivity contribution in [2.24, 2.45) is 0 Å². The molecule has 0 fully saturated rings. The Hall–Kier alpha value is -3.16. The second-order valence-electron chi connectivity index (χ2n) is 6.03. The molecule has 0 radical (unpaired) electrons. The number of aryl methyl sites for hydroxylation is 1. The molecule has 0 spiro atoms. The van der Waals surface area contributed by atoms with Gasteiger partial charge in [-0.25, -0.2) is 4.39 Å². The fraction of sp³-hybridized carbons (Fsp3) is 0.235. The minimum Gasteiger partial charge on any atom is -0.341 e. The third-order valence-electron chi connectivity index (χ3n) is 4.46. The number of aromatic amines is 2. The summed E-state index contributed by atoms with van der Waals surface area (Å²) in [5, 5.41) is 4.84. The van der Waals surface area contributed by atoms with Crippen LogP contribution in [0.5, 0.6) is 0 Å². The number of fused-ring (bicyclic) bond motifs is 2. The number of hydrogen-bond acceptors (Lipinski definition) is 3. The molecule has 0 saturated carbocycles. The maximum Gasteiger partial charge on any atom is 0.290 e. The first kappa shape index (κ1) is 15.4. The van der Waals surface area contributed by atoms with Gasteiger partial charge in [0.1, 0.15) is 5.82 Å². The van der Waals surface area contributed by atoms with Gasteiger partial charge < -0.3 is 10.3 Å². The summed E-state index contributed by atoms with van der Waals surface area (Å²) in [6.07, 6.45) is 3.23. The van der Waals surface area contributed by atoms with E-state index in [4.69, 9.17) is 0 Å². The van der Waals surface area contributed by atoms with Gasteiger partial charge in [0.15, 0.2) is 11.3 Å². The van der Waals surface area contributed by atoms with Crippen LogP contribution in [0, 0.1) is 5.82 Å². The predicted octanol–water partition coefficient (Wildman–Crippen LogP) is 1.59. The van der Waals surface area contributed by atoms with Gasteiger partial charge >= 0.3 is 0 Å². The van der Waals surface area contributed by atoms with Gasteiger partial charge in [-0.2, -0.15) is 4.52 Å². The van der Waals surface area contributed by atoms with E-state index in [0.29, 0.717) is 18.4 Å². The van der Waals surface area contributed by atoms with Crippen LogP contribution in [0.4, 0.5) is 10.1 Å². The largest absolute Gasteiger partial charge is 0.341 e. The number of aromatic nitrogens is 3. The van der Waals surface area contributed by atoms with Crippen LogP contribution in [-0.2, 0) is 12.8 Å². The first-order chi connectivity index (χ1) is 12.1. The average Bonchev–Trinajstić information content (AvgIpc) is 2.92. The van der Waals surface area contributed by atoms with Gasteiger partial charge in [-0.3, -0.25) is 19.5 Å². The van der Waals surface area contributed by atoms with Crippen LogP contribution in [0.2, 0.25) is 0 Å². The minimum absolute atomic E-state index is 0.0984. The van der Waals surface area contributed by atoms with Gasteiger partial charge in [0.2, 0.25) is 0 Å². The summed E-state index contributed by atoms with van der Waals surface area (Å²) >= 11 is 0. The summed E-state index contributed by atoms with van der Waals surface area (Å²) in [5.74, 6) is -1.44. The molecule has 2 heterocycles. The molecule has 1 amide bonds. The Morgan fingerprint density at radius 3 is 2.72 bits per heavy atom. The van der Waals surface area contributed by atoms with Crippen LogP contribution in [0.25, 0.3) is 5.65 Å². The first-order valence-corrected chi connectivity index (χ1v) is 8.01. The molecule has 8 heteroatoms. The fourth-order valence-corrected chi connectivity index (χ4v) is 3.20. The molecule has 0 aliphatic heterocycles. The molecule has 1 aliphatic carbocycles. The van der Waals surface area contributed by atoms with E-state index >= 15 is 0 Å². The maximum atomic E-state index is 13.8. The van der Waals surface area contributed by atoms with Crippen molar-refractivity contribution in [3.63, 3.8) is 0 Å². The van der Waals surface area contributed by atoms with Crippen LogP contribution in [-0.4, -0.2) is 20.5 Å². The number of carbonyl (C=O) groups is 1. The molecule has 7 nitrogen and oxygen atoms in total. The highest BCUT2D eigenvalue weighted by Crippen LogP contribution is 2.19. The molecule has 25 heavy (non-hydrogen) atoms.